The topological polar surface area (TPSA) is 217 Å². The smallest absolute Gasteiger partial charge is 0.327 e. The number of aliphatic hydroxyl groups excluding tert-OH is 4. The van der Waals surface area contributed by atoms with Crippen LogP contribution in [0.5, 0.6) is 0 Å². The summed E-state index contributed by atoms with van der Waals surface area (Å²) >= 11 is 0. The van der Waals surface area contributed by atoms with E-state index in [9.17, 15) is 49.8 Å². The third-order valence-corrected chi connectivity index (χ3v) is 12.2. The van der Waals surface area contributed by atoms with Crippen molar-refractivity contribution in [3.63, 3.8) is 0 Å². The number of hydrogen-bond donors (Lipinski definition) is 7. The summed E-state index contributed by atoms with van der Waals surface area (Å²) in [5.74, 6) is -4.04. The van der Waals surface area contributed by atoms with Gasteiger partial charge in [0.2, 0.25) is 13.1 Å². The van der Waals surface area contributed by atoms with E-state index in [2.05, 4.69) is 5.32 Å². The quantitative estimate of drug-likeness (QED) is 0.0248. The standard InChI is InChI=1S/C45H53N5O10S2/c51-25-15-40(16-26-52)49-21-13-37(14-22-49)4-3-36-9-17-47(18-10-36)30-41(55)29-38(44(57)58)32-61-62-33-42(45(59)60)46-43(56)31-48-19-11-35(12-20-48)2-1-34-5-7-39(8-6-34)50(23-27-53)24-28-54/h1-14,17-22,38,40,42,51-54H,15-16,23-33H2/p+3/b4-3+. The van der Waals surface area contributed by atoms with Gasteiger partial charge in [0, 0.05) is 99.2 Å². The van der Waals surface area contributed by atoms with Crippen molar-refractivity contribution in [3.05, 3.63) is 120 Å². The van der Waals surface area contributed by atoms with Gasteiger partial charge in [-0.25, -0.2) is 9.36 Å². The highest BCUT2D eigenvalue weighted by atomic mass is 33.1. The Balaban J connectivity index is 1.18. The van der Waals surface area contributed by atoms with Crippen LogP contribution < -0.4 is 23.9 Å². The normalized spacial score (nSPS) is 12.5. The van der Waals surface area contributed by atoms with Gasteiger partial charge < -0.3 is 40.9 Å². The van der Waals surface area contributed by atoms with Crippen molar-refractivity contribution in [2.75, 3.05) is 55.9 Å². The largest absolute Gasteiger partial charge is 0.481 e. The minimum atomic E-state index is -1.22. The predicted molar refractivity (Wildman–Crippen MR) is 238 cm³/mol. The molecule has 62 heavy (non-hydrogen) atoms. The van der Waals surface area contributed by atoms with Gasteiger partial charge >= 0.3 is 11.9 Å². The first-order valence-electron chi connectivity index (χ1n) is 20.2. The van der Waals surface area contributed by atoms with Crippen LogP contribution in [0.3, 0.4) is 0 Å². The number of carbonyl (C=O) groups excluding carboxylic acids is 2. The fourth-order valence-electron chi connectivity index (χ4n) is 6.30. The predicted octanol–water partition coefficient (Wildman–Crippen LogP) is 2.30. The van der Waals surface area contributed by atoms with Gasteiger partial charge in [-0.05, 0) is 34.4 Å². The maximum Gasteiger partial charge on any atom is 0.327 e. The van der Waals surface area contributed by atoms with E-state index in [0.717, 1.165) is 49.5 Å². The van der Waals surface area contributed by atoms with E-state index in [1.165, 1.54) is 0 Å². The van der Waals surface area contributed by atoms with Gasteiger partial charge in [-0.2, -0.15) is 9.13 Å². The monoisotopic (exact) mass is 890 g/mol. The number of nitrogens with one attached hydrogen (secondary N) is 1. The first-order valence-corrected chi connectivity index (χ1v) is 22.6. The molecule has 0 aliphatic rings. The maximum atomic E-state index is 12.9. The Morgan fingerprint density at radius 1 is 0.597 bits per heavy atom. The molecule has 0 aliphatic heterocycles. The van der Waals surface area contributed by atoms with Crippen molar-refractivity contribution in [1.29, 1.82) is 0 Å². The van der Waals surface area contributed by atoms with Crippen LogP contribution in [0.2, 0.25) is 0 Å². The number of amides is 1. The summed E-state index contributed by atoms with van der Waals surface area (Å²) in [5, 5.41) is 59.2. The minimum absolute atomic E-state index is 0.00825. The molecule has 3 heterocycles. The third kappa shape index (κ3) is 17.1. The minimum Gasteiger partial charge on any atom is -0.481 e. The Hall–Kier alpha value is -5.43. The molecule has 0 bridgehead atoms. The van der Waals surface area contributed by atoms with Gasteiger partial charge in [-0.3, -0.25) is 14.4 Å². The molecule has 15 nitrogen and oxygen atoms in total. The molecule has 0 saturated heterocycles. The number of rotatable bonds is 28. The van der Waals surface area contributed by atoms with Gasteiger partial charge in [-0.1, -0.05) is 58.0 Å². The van der Waals surface area contributed by atoms with Crippen LogP contribution in [-0.4, -0.2) is 111 Å². The lowest BCUT2D eigenvalue weighted by Gasteiger charge is -2.22. The molecular weight excluding hydrogens is 835 g/mol. The number of anilines is 1. The van der Waals surface area contributed by atoms with Crippen LogP contribution >= 0.6 is 21.6 Å². The van der Waals surface area contributed by atoms with Crippen molar-refractivity contribution in [2.45, 2.75) is 44.4 Å². The molecule has 2 atom stereocenters. The van der Waals surface area contributed by atoms with Crippen LogP contribution in [0.15, 0.2) is 97.8 Å². The highest BCUT2D eigenvalue weighted by molar-refractivity contribution is 8.76. The van der Waals surface area contributed by atoms with Gasteiger partial charge in [0.1, 0.15) is 6.04 Å². The Labute approximate surface area is 369 Å². The number of carbonyl (C=O) groups is 4. The second-order valence-electron chi connectivity index (χ2n) is 14.4. The molecular formula is C45H56N5O10S2+3. The summed E-state index contributed by atoms with van der Waals surface area (Å²) in [7, 11) is 2.25. The molecule has 7 N–H and O–H groups in total. The van der Waals surface area contributed by atoms with Gasteiger partial charge in [0.25, 0.3) is 5.91 Å². The number of aromatic nitrogens is 3. The summed E-state index contributed by atoms with van der Waals surface area (Å²) in [6, 6.07) is 17.7. The average molecular weight is 891 g/mol. The van der Waals surface area contributed by atoms with Crippen LogP contribution in [-0.2, 0) is 32.3 Å². The number of pyridine rings is 3. The molecule has 0 spiro atoms. The second-order valence-corrected chi connectivity index (χ2v) is 16.9. The third-order valence-electron chi connectivity index (χ3n) is 9.72. The fourth-order valence-corrected chi connectivity index (χ4v) is 8.75. The number of aliphatic hydroxyl groups is 4. The molecule has 4 aromatic rings. The van der Waals surface area contributed by atoms with Crippen LogP contribution in [0.1, 0.15) is 47.6 Å². The molecule has 3 aromatic heterocycles. The Morgan fingerprint density at radius 3 is 1.53 bits per heavy atom. The summed E-state index contributed by atoms with van der Waals surface area (Å²) < 4.78 is 5.27. The number of carboxylic acids is 2. The Bertz CT molecular complexity index is 1910. The van der Waals surface area contributed by atoms with Crippen molar-refractivity contribution in [3.8, 4) is 0 Å². The summed E-state index contributed by atoms with van der Waals surface area (Å²) in [6.45, 7) is 0.774. The second kappa shape index (κ2) is 26.8. The van der Waals surface area contributed by atoms with E-state index in [-0.39, 0.29) is 69.3 Å². The lowest BCUT2D eigenvalue weighted by molar-refractivity contribution is -0.724. The lowest BCUT2D eigenvalue weighted by atomic mass is 10.0. The SMILES string of the molecule is O=C(CC(CSSCC(NC(=O)C[n+]1ccc(/C=C/c2ccc(N(CCO)CCO)cc2)cc1)C(=O)O)C(=O)O)C[n+]1ccc(/C=C/c2cc[n+](C(CCO)CCO)cc2)cc1. The summed E-state index contributed by atoms with van der Waals surface area (Å²) in [6.07, 6.45) is 19.4. The van der Waals surface area contributed by atoms with E-state index < -0.39 is 29.8 Å². The molecule has 17 heteroatoms. The lowest BCUT2D eigenvalue weighted by Crippen LogP contribution is -2.49. The zero-order valence-corrected chi connectivity index (χ0v) is 36.0. The number of aliphatic carboxylic acids is 2. The Morgan fingerprint density at radius 2 is 1.06 bits per heavy atom. The van der Waals surface area contributed by atoms with E-state index in [4.69, 9.17) is 0 Å². The number of nitrogens with zero attached hydrogens (tertiary/aromatic N) is 4. The van der Waals surface area contributed by atoms with E-state index in [1.807, 2.05) is 107 Å². The van der Waals surface area contributed by atoms with Crippen LogP contribution in [0.25, 0.3) is 24.3 Å². The number of Topliss-reactive ketones (excluding diaryl/α,β-unsaturated/α-hetero) is 1. The van der Waals surface area contributed by atoms with Crippen LogP contribution in [0, 0.1) is 5.92 Å². The Kier molecular flexibility index (Phi) is 21.3. The molecule has 0 saturated carbocycles. The molecule has 0 aliphatic carbocycles. The fraction of sp³-hybridized carbons (Fsp3) is 0.356. The highest BCUT2D eigenvalue weighted by Crippen LogP contribution is 2.26. The molecule has 2 unspecified atom stereocenters. The van der Waals surface area contributed by atoms with E-state index in [1.54, 1.807) is 33.9 Å². The van der Waals surface area contributed by atoms with Gasteiger partial charge in [0.15, 0.2) is 49.0 Å². The van der Waals surface area contributed by atoms with Crippen molar-refractivity contribution < 1.29 is 63.5 Å². The van der Waals surface area contributed by atoms with Crippen LogP contribution in [0.4, 0.5) is 5.69 Å². The molecule has 0 fully saturated rings. The highest BCUT2D eigenvalue weighted by Gasteiger charge is 2.26. The van der Waals surface area contributed by atoms with Gasteiger partial charge in [0.05, 0.1) is 19.1 Å². The molecule has 1 aromatic carbocycles. The number of carboxylic acid groups (broad SMARTS) is 2. The summed E-state index contributed by atoms with van der Waals surface area (Å²) in [4.78, 5) is 51.5. The average Bonchev–Trinajstić information content (AvgIpc) is 3.26. The molecule has 0 radical (unpaired) electrons. The number of ketones is 1. The van der Waals surface area contributed by atoms with Crippen molar-refractivity contribution in [2.24, 2.45) is 5.92 Å². The van der Waals surface area contributed by atoms with Crippen molar-refractivity contribution >= 4 is 75.2 Å². The maximum absolute atomic E-state index is 12.9. The number of benzene rings is 1. The van der Waals surface area contributed by atoms with E-state index >= 15 is 0 Å². The first-order chi connectivity index (χ1) is 30.0. The van der Waals surface area contributed by atoms with Gasteiger partial charge in [-0.15, -0.1) is 0 Å². The summed E-state index contributed by atoms with van der Waals surface area (Å²) in [5.41, 5.74) is 4.59. The van der Waals surface area contributed by atoms with E-state index in [0.29, 0.717) is 25.9 Å². The first kappa shape index (κ1) is 49.2. The molecule has 330 valence electrons. The number of hydrogen-bond acceptors (Lipinski definition) is 11. The molecule has 4 rings (SSSR count). The van der Waals surface area contributed by atoms with Crippen molar-refractivity contribution in [1.82, 2.24) is 5.32 Å². The zero-order valence-electron chi connectivity index (χ0n) is 34.4. The zero-order chi connectivity index (χ0) is 44.7. The molecule has 1 amide bonds.